The molecule has 2 saturated carbocycles. The molecule has 0 radical (unpaired) electrons. The molecular weight excluding hydrogens is 416 g/mol. The molecule has 5 rings (SSSR count). The fraction of sp³-hybridized carbons (Fsp3) is 0.708. The third-order valence-corrected chi connectivity index (χ3v) is 7.22. The Hall–Kier alpha value is -1.93. The third kappa shape index (κ3) is 4.86. The maximum atomic E-state index is 13.7. The van der Waals surface area contributed by atoms with E-state index in [4.69, 9.17) is 14.5 Å². The summed E-state index contributed by atoms with van der Waals surface area (Å²) in [5, 5.41) is 10.7. The molecular formula is C24H31F2N3O3. The summed E-state index contributed by atoms with van der Waals surface area (Å²) in [6.45, 7) is 1.36. The van der Waals surface area contributed by atoms with Gasteiger partial charge < -0.3 is 14.6 Å². The van der Waals surface area contributed by atoms with Gasteiger partial charge in [-0.1, -0.05) is 0 Å². The van der Waals surface area contributed by atoms with Crippen LogP contribution < -0.4 is 4.74 Å². The van der Waals surface area contributed by atoms with Crippen LogP contribution >= 0.6 is 0 Å². The van der Waals surface area contributed by atoms with E-state index in [1.807, 2.05) is 6.20 Å². The van der Waals surface area contributed by atoms with Crippen molar-refractivity contribution < 1.29 is 23.4 Å². The zero-order valence-corrected chi connectivity index (χ0v) is 18.3. The van der Waals surface area contributed by atoms with Crippen molar-refractivity contribution in [1.82, 2.24) is 15.0 Å². The highest BCUT2D eigenvalue weighted by Gasteiger charge is 2.39. The molecule has 3 heterocycles. The van der Waals surface area contributed by atoms with Gasteiger partial charge in [-0.15, -0.1) is 0 Å². The molecule has 8 heteroatoms. The number of aliphatic hydroxyl groups excluding tert-OH is 1. The molecule has 0 aromatic carbocycles. The monoisotopic (exact) mass is 447 g/mol. The number of hydrogen-bond donors (Lipinski definition) is 1. The average Bonchev–Trinajstić information content (AvgIpc) is 3.13. The maximum Gasteiger partial charge on any atom is 0.248 e. The Labute approximate surface area is 186 Å². The quantitative estimate of drug-likeness (QED) is 0.723. The molecule has 32 heavy (non-hydrogen) atoms. The minimum atomic E-state index is -2.57. The Kier molecular flexibility index (Phi) is 6.25. The summed E-state index contributed by atoms with van der Waals surface area (Å²) in [5.74, 6) is -1.24. The number of hydrogen-bond acceptors (Lipinski definition) is 6. The van der Waals surface area contributed by atoms with Gasteiger partial charge in [0, 0.05) is 50.1 Å². The summed E-state index contributed by atoms with van der Waals surface area (Å²) in [5.41, 5.74) is 1.87. The molecule has 0 amide bonds. The number of nitrogens with zero attached hydrogens (tertiary/aromatic N) is 3. The number of rotatable bonds is 5. The number of aromatic nitrogens is 3. The van der Waals surface area contributed by atoms with Crippen molar-refractivity contribution in [3.8, 4) is 5.88 Å². The molecule has 1 N–H and O–H groups in total. The highest BCUT2D eigenvalue weighted by Crippen LogP contribution is 2.41. The standard InChI is InChI=1S/C24H31F2N3O3/c25-24(26)8-5-15(12-24)11-21-27-14-20-22(29-21)19(16-1-3-17(30)4-2-16)13-28-23(20)32-18-6-9-31-10-7-18/h13-18,30H,1-12H2/t15-,16?,17?/m1/s1. The molecule has 1 saturated heterocycles. The van der Waals surface area contributed by atoms with Gasteiger partial charge in [-0.05, 0) is 43.9 Å². The molecule has 0 unspecified atom stereocenters. The normalized spacial score (nSPS) is 28.8. The molecule has 3 aliphatic rings. The van der Waals surface area contributed by atoms with Gasteiger partial charge in [0.25, 0.3) is 0 Å². The molecule has 2 aromatic heterocycles. The van der Waals surface area contributed by atoms with E-state index in [2.05, 4.69) is 9.97 Å². The van der Waals surface area contributed by atoms with E-state index < -0.39 is 5.92 Å². The van der Waals surface area contributed by atoms with E-state index >= 15 is 0 Å². The van der Waals surface area contributed by atoms with Crippen molar-refractivity contribution in [2.24, 2.45) is 5.92 Å². The Bertz CT molecular complexity index is 943. The van der Waals surface area contributed by atoms with Crippen LogP contribution in [0.25, 0.3) is 10.9 Å². The van der Waals surface area contributed by atoms with E-state index in [1.54, 1.807) is 6.20 Å². The topological polar surface area (TPSA) is 77.4 Å². The minimum absolute atomic E-state index is 0.0477. The first-order valence-electron chi connectivity index (χ1n) is 11.9. The van der Waals surface area contributed by atoms with Crippen molar-refractivity contribution in [2.45, 2.75) is 88.3 Å². The van der Waals surface area contributed by atoms with Gasteiger partial charge in [0.15, 0.2) is 0 Å². The van der Waals surface area contributed by atoms with Crippen molar-refractivity contribution >= 4 is 10.9 Å². The van der Waals surface area contributed by atoms with Gasteiger partial charge >= 0.3 is 0 Å². The van der Waals surface area contributed by atoms with Gasteiger partial charge in [-0.25, -0.2) is 23.7 Å². The highest BCUT2D eigenvalue weighted by molar-refractivity contribution is 5.85. The Morgan fingerprint density at radius 1 is 1.03 bits per heavy atom. The van der Waals surface area contributed by atoms with Crippen LogP contribution in [0.2, 0.25) is 0 Å². The smallest absolute Gasteiger partial charge is 0.248 e. The Balaban J connectivity index is 1.46. The molecule has 0 bridgehead atoms. The predicted molar refractivity (Wildman–Crippen MR) is 115 cm³/mol. The van der Waals surface area contributed by atoms with Gasteiger partial charge in [0.2, 0.25) is 11.8 Å². The van der Waals surface area contributed by atoms with Crippen molar-refractivity contribution in [3.05, 3.63) is 23.8 Å². The fourth-order valence-electron chi connectivity index (χ4n) is 5.36. The molecule has 0 spiro atoms. The molecule has 3 fully saturated rings. The number of halogens is 2. The van der Waals surface area contributed by atoms with Crippen molar-refractivity contribution in [3.63, 3.8) is 0 Å². The second kappa shape index (κ2) is 9.14. The second-order valence-electron chi connectivity index (χ2n) is 9.67. The molecule has 1 aliphatic heterocycles. The molecule has 1 atom stereocenters. The number of alkyl halides is 2. The van der Waals surface area contributed by atoms with Crippen LogP contribution in [0.1, 0.15) is 75.1 Å². The summed E-state index contributed by atoms with van der Waals surface area (Å²) in [7, 11) is 0. The summed E-state index contributed by atoms with van der Waals surface area (Å²) < 4.78 is 39.0. The summed E-state index contributed by atoms with van der Waals surface area (Å²) >= 11 is 0. The van der Waals surface area contributed by atoms with E-state index in [-0.39, 0.29) is 36.9 Å². The zero-order chi connectivity index (χ0) is 22.1. The van der Waals surface area contributed by atoms with Crippen LogP contribution in [-0.2, 0) is 11.2 Å². The van der Waals surface area contributed by atoms with Crippen LogP contribution in [0.5, 0.6) is 5.88 Å². The van der Waals surface area contributed by atoms with Crippen LogP contribution in [0.4, 0.5) is 8.78 Å². The lowest BCUT2D eigenvalue weighted by atomic mass is 9.82. The number of pyridine rings is 1. The first kappa shape index (κ1) is 21.9. The zero-order valence-electron chi connectivity index (χ0n) is 18.3. The van der Waals surface area contributed by atoms with Gasteiger partial charge in [0.1, 0.15) is 11.9 Å². The van der Waals surface area contributed by atoms with Gasteiger partial charge in [-0.3, -0.25) is 0 Å². The van der Waals surface area contributed by atoms with E-state index in [0.29, 0.717) is 37.8 Å². The van der Waals surface area contributed by atoms with Crippen molar-refractivity contribution in [1.29, 1.82) is 0 Å². The van der Waals surface area contributed by atoms with Crippen LogP contribution in [-0.4, -0.2) is 51.4 Å². The molecule has 2 aromatic rings. The molecule has 174 valence electrons. The Morgan fingerprint density at radius 2 is 1.81 bits per heavy atom. The largest absolute Gasteiger partial charge is 0.474 e. The highest BCUT2D eigenvalue weighted by atomic mass is 19.3. The molecule has 2 aliphatic carbocycles. The minimum Gasteiger partial charge on any atom is -0.474 e. The second-order valence-corrected chi connectivity index (χ2v) is 9.67. The summed E-state index contributed by atoms with van der Waals surface area (Å²) in [4.78, 5) is 14.0. The molecule has 6 nitrogen and oxygen atoms in total. The van der Waals surface area contributed by atoms with E-state index in [9.17, 15) is 13.9 Å². The fourth-order valence-corrected chi connectivity index (χ4v) is 5.36. The first-order chi connectivity index (χ1) is 15.5. The lowest BCUT2D eigenvalue weighted by molar-refractivity contribution is 0.00501. The number of fused-ring (bicyclic) bond motifs is 1. The summed E-state index contributed by atoms with van der Waals surface area (Å²) in [6.07, 6.45) is 9.20. The van der Waals surface area contributed by atoms with Crippen LogP contribution in [0.15, 0.2) is 12.4 Å². The lowest BCUT2D eigenvalue weighted by Crippen LogP contribution is -2.26. The Morgan fingerprint density at radius 3 is 2.53 bits per heavy atom. The summed E-state index contributed by atoms with van der Waals surface area (Å²) in [6, 6.07) is 0. The SMILES string of the molecule is OC1CCC(c2cnc(OC3CCOCC3)c3cnc(C[C@H]4CCC(F)(F)C4)nc23)CC1. The number of ether oxygens (including phenoxy) is 2. The first-order valence-corrected chi connectivity index (χ1v) is 11.9. The number of aliphatic hydroxyl groups is 1. The predicted octanol–water partition coefficient (Wildman–Crippen LogP) is 4.58. The van der Waals surface area contributed by atoms with E-state index in [1.165, 1.54) is 0 Å². The average molecular weight is 448 g/mol. The third-order valence-electron chi connectivity index (χ3n) is 7.22. The van der Waals surface area contributed by atoms with Crippen molar-refractivity contribution in [2.75, 3.05) is 13.2 Å². The lowest BCUT2D eigenvalue weighted by Gasteiger charge is -2.27. The van der Waals surface area contributed by atoms with Gasteiger partial charge in [0.05, 0.1) is 30.2 Å². The van der Waals surface area contributed by atoms with E-state index in [0.717, 1.165) is 55.0 Å². The van der Waals surface area contributed by atoms with Crippen LogP contribution in [0, 0.1) is 5.92 Å². The maximum absolute atomic E-state index is 13.7. The van der Waals surface area contributed by atoms with Crippen LogP contribution in [0.3, 0.4) is 0 Å². The van der Waals surface area contributed by atoms with Gasteiger partial charge in [-0.2, -0.15) is 0 Å².